The molecule has 0 saturated carbocycles. The van der Waals surface area contributed by atoms with Crippen LogP contribution >= 0.6 is 0 Å². The van der Waals surface area contributed by atoms with Crippen molar-refractivity contribution >= 4 is 19.3 Å². The molecule has 3 nitrogen and oxygen atoms in total. The van der Waals surface area contributed by atoms with Crippen LogP contribution in [0.3, 0.4) is 0 Å². The van der Waals surface area contributed by atoms with Crippen LogP contribution < -0.4 is 0 Å². The average Bonchev–Trinajstić information content (AvgIpc) is 2.35. The molecule has 0 spiro atoms. The maximum Gasteiger partial charge on any atom is 0.172 e. The average molecular weight is 222 g/mol. The monoisotopic (exact) mass is 222 g/mol. The van der Waals surface area contributed by atoms with Crippen molar-refractivity contribution in [3.63, 3.8) is 0 Å². The standard InChI is InChI=1S/C13H11BN2O/c14-12-8-10(6-7-13(12)17)9-15-16-11-4-2-1-3-5-11/h1-9H,14H2. The number of ketones is 1. The zero-order valence-electron chi connectivity index (χ0n) is 9.50. The highest BCUT2D eigenvalue weighted by molar-refractivity contribution is 6.39. The van der Waals surface area contributed by atoms with E-state index in [1.54, 1.807) is 32.3 Å². The summed E-state index contributed by atoms with van der Waals surface area (Å²) in [6.45, 7) is 0. The Hall–Kier alpha value is -2.23. The van der Waals surface area contributed by atoms with E-state index in [0.29, 0.717) is 5.47 Å². The predicted molar refractivity (Wildman–Crippen MR) is 69.8 cm³/mol. The summed E-state index contributed by atoms with van der Waals surface area (Å²) < 4.78 is 0. The van der Waals surface area contributed by atoms with Gasteiger partial charge in [-0.1, -0.05) is 24.3 Å². The van der Waals surface area contributed by atoms with E-state index in [1.165, 1.54) is 0 Å². The Morgan fingerprint density at radius 2 is 1.88 bits per heavy atom. The molecule has 0 N–H and O–H groups in total. The molecule has 4 heteroatoms. The first-order valence-corrected chi connectivity index (χ1v) is 5.32. The van der Waals surface area contributed by atoms with Gasteiger partial charge in [0.1, 0.15) is 7.85 Å². The second-order valence-electron chi connectivity index (χ2n) is 3.71. The Morgan fingerprint density at radius 1 is 1.12 bits per heavy atom. The summed E-state index contributed by atoms with van der Waals surface area (Å²) in [6, 6.07) is 9.50. The number of benzene rings is 1. The minimum atomic E-state index is 0.0437. The van der Waals surface area contributed by atoms with Crippen LogP contribution in [0.2, 0.25) is 0 Å². The largest absolute Gasteiger partial charge is 0.291 e. The lowest BCUT2D eigenvalue weighted by Crippen LogP contribution is -2.02. The topological polar surface area (TPSA) is 41.8 Å². The van der Waals surface area contributed by atoms with Crippen molar-refractivity contribution < 1.29 is 4.79 Å². The molecule has 0 heterocycles. The minimum Gasteiger partial charge on any atom is -0.291 e. The van der Waals surface area contributed by atoms with Gasteiger partial charge < -0.3 is 0 Å². The number of hydrogen-bond donors (Lipinski definition) is 0. The first-order valence-electron chi connectivity index (χ1n) is 5.32. The number of carbonyl (C=O) groups is 1. The molecule has 1 aliphatic rings. The number of allylic oxidation sites excluding steroid dienone is 5. The van der Waals surface area contributed by atoms with Crippen molar-refractivity contribution in [2.24, 2.45) is 10.2 Å². The highest BCUT2D eigenvalue weighted by Gasteiger charge is 2.04. The summed E-state index contributed by atoms with van der Waals surface area (Å²) >= 11 is 0. The lowest BCUT2D eigenvalue weighted by atomic mass is 9.86. The van der Waals surface area contributed by atoms with Crippen LogP contribution in [0.1, 0.15) is 0 Å². The van der Waals surface area contributed by atoms with E-state index < -0.39 is 0 Å². The van der Waals surface area contributed by atoms with Gasteiger partial charge in [-0.25, -0.2) is 0 Å². The van der Waals surface area contributed by atoms with Gasteiger partial charge in [0.25, 0.3) is 0 Å². The third kappa shape index (κ3) is 3.11. The number of nitrogens with zero attached hydrogens (tertiary/aromatic N) is 2. The SMILES string of the molecule is BC1=CC(=CN=Nc2ccccc2)C=CC1=O. The van der Waals surface area contributed by atoms with Crippen molar-refractivity contribution in [2.75, 3.05) is 0 Å². The Morgan fingerprint density at radius 3 is 2.59 bits per heavy atom. The number of azo groups is 1. The van der Waals surface area contributed by atoms with E-state index in [9.17, 15) is 4.79 Å². The smallest absolute Gasteiger partial charge is 0.172 e. The van der Waals surface area contributed by atoms with E-state index in [-0.39, 0.29) is 5.78 Å². The molecule has 82 valence electrons. The lowest BCUT2D eigenvalue weighted by molar-refractivity contribution is -0.110. The van der Waals surface area contributed by atoms with Crippen molar-refractivity contribution in [3.8, 4) is 0 Å². The molecule has 2 rings (SSSR count). The second kappa shape index (κ2) is 5.21. The highest BCUT2D eigenvalue weighted by Crippen LogP contribution is 2.13. The molecule has 0 aliphatic heterocycles. The Bertz CT molecular complexity index is 542. The maximum absolute atomic E-state index is 11.2. The fourth-order valence-corrected chi connectivity index (χ4v) is 1.41. The molecule has 17 heavy (non-hydrogen) atoms. The molecule has 0 atom stereocenters. The predicted octanol–water partition coefficient (Wildman–Crippen LogP) is 2.31. The van der Waals surface area contributed by atoms with E-state index in [0.717, 1.165) is 11.3 Å². The molecule has 1 aliphatic carbocycles. The minimum absolute atomic E-state index is 0.0437. The Kier molecular flexibility index (Phi) is 3.45. The zero-order valence-corrected chi connectivity index (χ0v) is 9.50. The normalized spacial score (nSPS) is 17.8. The second-order valence-corrected chi connectivity index (χ2v) is 3.71. The van der Waals surface area contributed by atoms with Crippen molar-refractivity contribution in [2.45, 2.75) is 0 Å². The lowest BCUT2D eigenvalue weighted by Gasteiger charge is -2.02. The fourth-order valence-electron chi connectivity index (χ4n) is 1.41. The van der Waals surface area contributed by atoms with Gasteiger partial charge in [-0.2, -0.15) is 10.2 Å². The quantitative estimate of drug-likeness (QED) is 0.559. The first kappa shape index (κ1) is 11.3. The number of carbonyl (C=O) groups excluding carboxylic acids is 1. The highest BCUT2D eigenvalue weighted by atomic mass is 16.1. The van der Waals surface area contributed by atoms with Gasteiger partial charge in [0.2, 0.25) is 0 Å². The van der Waals surface area contributed by atoms with E-state index in [4.69, 9.17) is 0 Å². The van der Waals surface area contributed by atoms with Crippen LogP contribution in [0.15, 0.2) is 76.0 Å². The number of hydrogen-bond acceptors (Lipinski definition) is 3. The zero-order chi connectivity index (χ0) is 12.1. The summed E-state index contributed by atoms with van der Waals surface area (Å²) in [4.78, 5) is 11.2. The Labute approximate surface area is 101 Å². The summed E-state index contributed by atoms with van der Waals surface area (Å²) in [5.41, 5.74) is 2.40. The molecule has 1 aromatic carbocycles. The van der Waals surface area contributed by atoms with Crippen molar-refractivity contribution in [3.05, 3.63) is 65.8 Å². The first-order chi connectivity index (χ1) is 8.25. The molecular weight excluding hydrogens is 211 g/mol. The van der Waals surface area contributed by atoms with Gasteiger partial charge in [-0.15, -0.1) is 0 Å². The van der Waals surface area contributed by atoms with Crippen LogP contribution in [0.25, 0.3) is 0 Å². The summed E-state index contributed by atoms with van der Waals surface area (Å²) in [6.07, 6.45) is 6.71. The molecule has 0 unspecified atom stereocenters. The third-order valence-electron chi connectivity index (χ3n) is 2.34. The van der Waals surface area contributed by atoms with Crippen molar-refractivity contribution in [1.29, 1.82) is 0 Å². The Balaban J connectivity index is 2.10. The molecule has 0 amide bonds. The maximum atomic E-state index is 11.2. The fraction of sp³-hybridized carbons (Fsp3) is 0. The molecule has 0 fully saturated rings. The van der Waals surface area contributed by atoms with E-state index in [2.05, 4.69) is 10.2 Å². The van der Waals surface area contributed by atoms with Crippen LogP contribution in [0.4, 0.5) is 5.69 Å². The van der Waals surface area contributed by atoms with Crippen LogP contribution in [0.5, 0.6) is 0 Å². The van der Waals surface area contributed by atoms with Crippen molar-refractivity contribution in [1.82, 2.24) is 0 Å². The van der Waals surface area contributed by atoms with Gasteiger partial charge in [-0.3, -0.25) is 4.79 Å². The molecular formula is C13H11BN2O. The molecule has 0 aromatic heterocycles. The van der Waals surface area contributed by atoms with Gasteiger partial charge in [0.15, 0.2) is 5.78 Å². The number of rotatable bonds is 2. The van der Waals surface area contributed by atoms with Gasteiger partial charge in [-0.05, 0) is 35.3 Å². The van der Waals surface area contributed by atoms with Crippen LogP contribution in [-0.2, 0) is 4.79 Å². The van der Waals surface area contributed by atoms with Crippen LogP contribution in [-0.4, -0.2) is 13.6 Å². The summed E-state index contributed by atoms with van der Waals surface area (Å²) in [5.74, 6) is 0.0437. The summed E-state index contributed by atoms with van der Waals surface area (Å²) in [5, 5.41) is 8.03. The molecule has 0 radical (unpaired) electrons. The van der Waals surface area contributed by atoms with Gasteiger partial charge >= 0.3 is 0 Å². The van der Waals surface area contributed by atoms with E-state index >= 15 is 0 Å². The van der Waals surface area contributed by atoms with Gasteiger partial charge in [0.05, 0.1) is 11.9 Å². The summed E-state index contributed by atoms with van der Waals surface area (Å²) in [7, 11) is 1.79. The molecule has 0 saturated heterocycles. The third-order valence-corrected chi connectivity index (χ3v) is 2.34. The van der Waals surface area contributed by atoms with Gasteiger partial charge in [0, 0.05) is 0 Å². The van der Waals surface area contributed by atoms with Crippen LogP contribution in [0, 0.1) is 0 Å². The molecule has 1 aromatic rings. The van der Waals surface area contributed by atoms with E-state index in [1.807, 2.05) is 30.3 Å². The molecule has 0 bridgehead atoms.